The Bertz CT molecular complexity index is 390. The van der Waals surface area contributed by atoms with E-state index in [0.717, 1.165) is 26.0 Å². The van der Waals surface area contributed by atoms with Crippen molar-refractivity contribution in [3.63, 3.8) is 0 Å². The molecule has 0 aromatic heterocycles. The maximum atomic E-state index is 6.10. The van der Waals surface area contributed by atoms with Crippen LogP contribution in [-0.2, 0) is 10.3 Å². The lowest BCUT2D eigenvalue weighted by molar-refractivity contribution is -0.0815. The smallest absolute Gasteiger partial charge is 0.0920 e. The van der Waals surface area contributed by atoms with Crippen molar-refractivity contribution in [3.8, 4) is 0 Å². The second-order valence-electron chi connectivity index (χ2n) is 5.54. The van der Waals surface area contributed by atoms with E-state index in [1.807, 2.05) is 0 Å². The van der Waals surface area contributed by atoms with Gasteiger partial charge in [0.15, 0.2) is 0 Å². The first-order chi connectivity index (χ1) is 8.65. The van der Waals surface area contributed by atoms with Crippen LogP contribution in [0, 0.1) is 6.92 Å². The standard InChI is InChI=1S/C16H25NO/c1-4-10-17-14-9-11-18-16(3,12-14)15-8-6-5-7-13(15)2/h5-8,14,17H,4,9-12H2,1-3H3. The molecule has 1 aliphatic rings. The number of rotatable bonds is 4. The Kier molecular flexibility index (Phi) is 4.41. The number of ether oxygens (including phenoxy) is 1. The summed E-state index contributed by atoms with van der Waals surface area (Å²) in [6.45, 7) is 8.58. The Morgan fingerprint density at radius 1 is 1.39 bits per heavy atom. The molecule has 1 fully saturated rings. The Morgan fingerprint density at radius 3 is 2.89 bits per heavy atom. The fourth-order valence-electron chi connectivity index (χ4n) is 2.93. The molecule has 1 heterocycles. The summed E-state index contributed by atoms with van der Waals surface area (Å²) in [6, 6.07) is 9.17. The Labute approximate surface area is 111 Å². The topological polar surface area (TPSA) is 21.3 Å². The normalized spacial score (nSPS) is 28.3. The zero-order valence-corrected chi connectivity index (χ0v) is 11.8. The lowest BCUT2D eigenvalue weighted by Crippen LogP contribution is -2.44. The first-order valence-electron chi connectivity index (χ1n) is 7.09. The molecule has 1 aromatic rings. The second kappa shape index (κ2) is 5.85. The molecule has 0 radical (unpaired) electrons. The molecular weight excluding hydrogens is 222 g/mol. The van der Waals surface area contributed by atoms with E-state index in [9.17, 15) is 0 Å². The van der Waals surface area contributed by atoms with E-state index in [1.54, 1.807) is 0 Å². The van der Waals surface area contributed by atoms with Gasteiger partial charge in [-0.25, -0.2) is 0 Å². The van der Waals surface area contributed by atoms with Gasteiger partial charge in [0.2, 0.25) is 0 Å². The van der Waals surface area contributed by atoms with Crippen molar-refractivity contribution in [2.75, 3.05) is 13.2 Å². The predicted molar refractivity (Wildman–Crippen MR) is 75.8 cm³/mol. The average molecular weight is 247 g/mol. The second-order valence-corrected chi connectivity index (χ2v) is 5.54. The average Bonchev–Trinajstić information content (AvgIpc) is 2.37. The molecule has 1 N–H and O–H groups in total. The number of nitrogens with one attached hydrogen (secondary N) is 1. The van der Waals surface area contributed by atoms with Gasteiger partial charge in [0.1, 0.15) is 0 Å². The van der Waals surface area contributed by atoms with Gasteiger partial charge in [-0.1, -0.05) is 31.2 Å². The van der Waals surface area contributed by atoms with Crippen LogP contribution in [0.25, 0.3) is 0 Å². The van der Waals surface area contributed by atoms with Crippen molar-refractivity contribution in [1.82, 2.24) is 5.32 Å². The molecule has 0 aliphatic carbocycles. The van der Waals surface area contributed by atoms with E-state index in [4.69, 9.17) is 4.74 Å². The zero-order chi connectivity index (χ0) is 13.0. The number of hydrogen-bond donors (Lipinski definition) is 1. The SMILES string of the molecule is CCCNC1CCOC(C)(c2ccccc2C)C1. The van der Waals surface area contributed by atoms with Crippen molar-refractivity contribution in [1.29, 1.82) is 0 Å². The third-order valence-electron chi connectivity index (χ3n) is 3.92. The van der Waals surface area contributed by atoms with Crippen LogP contribution in [0.5, 0.6) is 0 Å². The van der Waals surface area contributed by atoms with Gasteiger partial charge in [-0.3, -0.25) is 0 Å². The molecular formula is C16H25NO. The van der Waals surface area contributed by atoms with Crippen LogP contribution in [0.1, 0.15) is 44.2 Å². The molecule has 1 saturated heterocycles. The van der Waals surface area contributed by atoms with E-state index in [1.165, 1.54) is 17.5 Å². The van der Waals surface area contributed by atoms with Crippen LogP contribution in [-0.4, -0.2) is 19.2 Å². The molecule has 18 heavy (non-hydrogen) atoms. The molecule has 2 rings (SSSR count). The molecule has 2 unspecified atom stereocenters. The summed E-state index contributed by atoms with van der Waals surface area (Å²) >= 11 is 0. The molecule has 2 heteroatoms. The van der Waals surface area contributed by atoms with Crippen molar-refractivity contribution < 1.29 is 4.74 Å². The number of aryl methyl sites for hydroxylation is 1. The van der Waals surface area contributed by atoms with Gasteiger partial charge >= 0.3 is 0 Å². The van der Waals surface area contributed by atoms with E-state index < -0.39 is 0 Å². The van der Waals surface area contributed by atoms with E-state index in [2.05, 4.69) is 50.4 Å². The lowest BCUT2D eigenvalue weighted by atomic mass is 9.83. The van der Waals surface area contributed by atoms with Gasteiger partial charge < -0.3 is 10.1 Å². The van der Waals surface area contributed by atoms with Crippen LogP contribution in [0.3, 0.4) is 0 Å². The molecule has 2 atom stereocenters. The minimum atomic E-state index is -0.130. The van der Waals surface area contributed by atoms with Gasteiger partial charge in [-0.15, -0.1) is 0 Å². The Balaban J connectivity index is 2.13. The molecule has 1 aromatic carbocycles. The Hall–Kier alpha value is -0.860. The fourth-order valence-corrected chi connectivity index (χ4v) is 2.93. The highest BCUT2D eigenvalue weighted by atomic mass is 16.5. The molecule has 0 saturated carbocycles. The van der Waals surface area contributed by atoms with Crippen molar-refractivity contribution in [2.24, 2.45) is 0 Å². The van der Waals surface area contributed by atoms with Gasteiger partial charge in [-0.05, 0) is 50.8 Å². The lowest BCUT2D eigenvalue weighted by Gasteiger charge is -2.40. The highest BCUT2D eigenvalue weighted by molar-refractivity contribution is 5.31. The first kappa shape index (κ1) is 13.6. The predicted octanol–water partition coefficient (Wildman–Crippen LogP) is 3.39. The highest BCUT2D eigenvalue weighted by Gasteiger charge is 2.35. The van der Waals surface area contributed by atoms with Gasteiger partial charge in [0.05, 0.1) is 5.60 Å². The summed E-state index contributed by atoms with van der Waals surface area (Å²) in [5.41, 5.74) is 2.54. The maximum absolute atomic E-state index is 6.10. The number of benzene rings is 1. The van der Waals surface area contributed by atoms with Crippen LogP contribution in [0.15, 0.2) is 24.3 Å². The highest BCUT2D eigenvalue weighted by Crippen LogP contribution is 2.36. The monoisotopic (exact) mass is 247 g/mol. The largest absolute Gasteiger partial charge is 0.370 e. The molecule has 0 spiro atoms. The summed E-state index contributed by atoms with van der Waals surface area (Å²) in [5.74, 6) is 0. The first-order valence-corrected chi connectivity index (χ1v) is 7.09. The van der Waals surface area contributed by atoms with E-state index in [-0.39, 0.29) is 5.60 Å². The molecule has 2 nitrogen and oxygen atoms in total. The van der Waals surface area contributed by atoms with Gasteiger partial charge in [-0.2, -0.15) is 0 Å². The number of hydrogen-bond acceptors (Lipinski definition) is 2. The Morgan fingerprint density at radius 2 is 2.17 bits per heavy atom. The summed E-state index contributed by atoms with van der Waals surface area (Å²) in [5, 5.41) is 3.64. The quantitative estimate of drug-likeness (QED) is 0.880. The van der Waals surface area contributed by atoms with Gasteiger partial charge in [0, 0.05) is 12.6 Å². The third kappa shape index (κ3) is 2.93. The van der Waals surface area contributed by atoms with E-state index in [0.29, 0.717) is 6.04 Å². The molecule has 0 bridgehead atoms. The van der Waals surface area contributed by atoms with E-state index >= 15 is 0 Å². The fraction of sp³-hybridized carbons (Fsp3) is 0.625. The summed E-state index contributed by atoms with van der Waals surface area (Å²) in [6.07, 6.45) is 3.39. The molecule has 1 aliphatic heterocycles. The summed E-state index contributed by atoms with van der Waals surface area (Å²) in [4.78, 5) is 0. The van der Waals surface area contributed by atoms with Crippen molar-refractivity contribution in [2.45, 2.75) is 51.7 Å². The van der Waals surface area contributed by atoms with Crippen LogP contribution in [0.2, 0.25) is 0 Å². The summed E-state index contributed by atoms with van der Waals surface area (Å²) in [7, 11) is 0. The zero-order valence-electron chi connectivity index (χ0n) is 11.8. The molecule has 100 valence electrons. The van der Waals surface area contributed by atoms with Crippen LogP contribution < -0.4 is 5.32 Å². The van der Waals surface area contributed by atoms with Gasteiger partial charge in [0.25, 0.3) is 0 Å². The molecule has 0 amide bonds. The van der Waals surface area contributed by atoms with Crippen LogP contribution >= 0.6 is 0 Å². The maximum Gasteiger partial charge on any atom is 0.0920 e. The third-order valence-corrected chi connectivity index (χ3v) is 3.92. The van der Waals surface area contributed by atoms with Crippen molar-refractivity contribution >= 4 is 0 Å². The minimum absolute atomic E-state index is 0.130. The summed E-state index contributed by atoms with van der Waals surface area (Å²) < 4.78 is 6.10. The minimum Gasteiger partial charge on any atom is -0.370 e. The van der Waals surface area contributed by atoms with Crippen LogP contribution in [0.4, 0.5) is 0 Å². The van der Waals surface area contributed by atoms with Crippen molar-refractivity contribution in [3.05, 3.63) is 35.4 Å².